The first-order valence-electron chi connectivity index (χ1n) is 7.78. The first-order valence-corrected chi connectivity index (χ1v) is 7.78. The molecule has 4 rings (SSSR count). The van der Waals surface area contributed by atoms with E-state index in [1.165, 1.54) is 5.56 Å². The number of benzene rings is 1. The van der Waals surface area contributed by atoms with Crippen molar-refractivity contribution in [1.82, 2.24) is 14.5 Å². The van der Waals surface area contributed by atoms with Crippen molar-refractivity contribution in [2.45, 2.75) is 19.0 Å². The van der Waals surface area contributed by atoms with Crippen LogP contribution in [0.2, 0.25) is 0 Å². The van der Waals surface area contributed by atoms with Crippen molar-refractivity contribution < 1.29 is 0 Å². The van der Waals surface area contributed by atoms with Gasteiger partial charge in [0.25, 0.3) is 0 Å². The molecule has 0 saturated heterocycles. The second kappa shape index (κ2) is 5.24. The molecule has 0 radical (unpaired) electrons. The molecule has 3 aromatic rings. The summed E-state index contributed by atoms with van der Waals surface area (Å²) in [4.78, 5) is 9.23. The molecule has 0 amide bonds. The van der Waals surface area contributed by atoms with Crippen LogP contribution in [-0.2, 0) is 20.0 Å². The molecule has 0 fully saturated rings. The summed E-state index contributed by atoms with van der Waals surface area (Å²) in [5.74, 6) is 0.831. The number of anilines is 2. The molecular weight excluding hydrogens is 288 g/mol. The number of imidazole rings is 1. The minimum absolute atomic E-state index is 0.217. The Kier molecular flexibility index (Phi) is 3.20. The molecule has 23 heavy (non-hydrogen) atoms. The molecule has 3 heterocycles. The van der Waals surface area contributed by atoms with Crippen LogP contribution >= 0.6 is 0 Å². The summed E-state index contributed by atoms with van der Waals surface area (Å²) in [5.41, 5.74) is 12.3. The van der Waals surface area contributed by atoms with Crippen molar-refractivity contribution in [2.24, 2.45) is 12.8 Å². The van der Waals surface area contributed by atoms with Gasteiger partial charge in [0.1, 0.15) is 5.52 Å². The maximum atomic E-state index is 5.77. The molecule has 1 unspecified atom stereocenters. The van der Waals surface area contributed by atoms with Gasteiger partial charge in [-0.2, -0.15) is 0 Å². The Labute approximate surface area is 134 Å². The van der Waals surface area contributed by atoms with E-state index in [0.29, 0.717) is 6.54 Å². The lowest BCUT2D eigenvalue weighted by atomic mass is 10.0. The van der Waals surface area contributed by atoms with Gasteiger partial charge in [0.15, 0.2) is 5.82 Å². The number of aryl methyl sites for hydroxylation is 1. The Bertz CT molecular complexity index is 882. The van der Waals surface area contributed by atoms with Crippen molar-refractivity contribution >= 4 is 22.5 Å². The highest BCUT2D eigenvalue weighted by Gasteiger charge is 2.28. The maximum Gasteiger partial charge on any atom is 0.154 e. The first kappa shape index (κ1) is 14.0. The number of fused-ring (bicyclic) bond motifs is 3. The normalized spacial score (nSPS) is 16.4. The van der Waals surface area contributed by atoms with E-state index < -0.39 is 0 Å². The summed E-state index contributed by atoms with van der Waals surface area (Å²) in [6.45, 7) is 0.557. The number of rotatable bonds is 3. The fraction of sp³-hybridized carbons (Fsp3) is 0.294. The van der Waals surface area contributed by atoms with E-state index >= 15 is 0 Å². The fourth-order valence-electron chi connectivity index (χ4n) is 3.31. The van der Waals surface area contributed by atoms with Gasteiger partial charge in [-0.1, -0.05) is 24.3 Å². The van der Waals surface area contributed by atoms with E-state index in [-0.39, 0.29) is 6.04 Å². The fourth-order valence-corrected chi connectivity index (χ4v) is 3.31. The van der Waals surface area contributed by atoms with Gasteiger partial charge < -0.3 is 20.9 Å². The van der Waals surface area contributed by atoms with Crippen LogP contribution in [-0.4, -0.2) is 21.6 Å². The number of nitrogens with two attached hydrogens (primary N) is 1. The zero-order valence-electron chi connectivity index (χ0n) is 13.3. The molecule has 2 aromatic heterocycles. The molecule has 1 aliphatic rings. The van der Waals surface area contributed by atoms with Crippen molar-refractivity contribution in [3.05, 3.63) is 47.4 Å². The van der Waals surface area contributed by atoms with Gasteiger partial charge in [0.05, 0.1) is 29.3 Å². The number of hydrogen-bond acceptors (Lipinski definition) is 5. The summed E-state index contributed by atoms with van der Waals surface area (Å²) in [5, 5.41) is 6.79. The number of pyridine rings is 1. The van der Waals surface area contributed by atoms with E-state index in [0.717, 1.165) is 40.2 Å². The monoisotopic (exact) mass is 308 g/mol. The summed E-state index contributed by atoms with van der Waals surface area (Å²) in [7, 11) is 3.90. The van der Waals surface area contributed by atoms with E-state index in [4.69, 9.17) is 10.7 Å². The Morgan fingerprint density at radius 2 is 2.30 bits per heavy atom. The molecule has 0 spiro atoms. The third kappa shape index (κ3) is 2.14. The van der Waals surface area contributed by atoms with Gasteiger partial charge in [-0.25, -0.2) is 9.97 Å². The quantitative estimate of drug-likeness (QED) is 0.691. The number of hydrogen-bond donors (Lipinski definition) is 3. The smallest absolute Gasteiger partial charge is 0.154 e. The Hall–Kier alpha value is -2.60. The lowest BCUT2D eigenvalue weighted by molar-refractivity contribution is 0.807. The van der Waals surface area contributed by atoms with Crippen LogP contribution in [0.5, 0.6) is 0 Å². The standard InChI is InChI=1S/C17H20N6/c1-19-17-15-16(23(2)9-20-15)14-13(22-17)7-12(21-14)11-5-3-4-10(6-11)8-18/h3-6,9,12,21H,7-8,18H2,1-2H3,(H,19,22). The highest BCUT2D eigenvalue weighted by Crippen LogP contribution is 2.39. The minimum atomic E-state index is 0.217. The number of aromatic nitrogens is 3. The van der Waals surface area contributed by atoms with Crippen LogP contribution in [0, 0.1) is 0 Å². The molecule has 6 nitrogen and oxygen atoms in total. The van der Waals surface area contributed by atoms with E-state index in [1.807, 2.05) is 25.0 Å². The highest BCUT2D eigenvalue weighted by atomic mass is 15.1. The predicted octanol–water partition coefficient (Wildman–Crippen LogP) is 2.18. The number of nitrogens with zero attached hydrogens (tertiary/aromatic N) is 3. The van der Waals surface area contributed by atoms with Crippen molar-refractivity contribution in [3.8, 4) is 0 Å². The topological polar surface area (TPSA) is 80.8 Å². The summed E-state index contributed by atoms with van der Waals surface area (Å²) >= 11 is 0. The van der Waals surface area contributed by atoms with Crippen LogP contribution in [0.15, 0.2) is 30.6 Å². The predicted molar refractivity (Wildman–Crippen MR) is 92.5 cm³/mol. The van der Waals surface area contributed by atoms with Crippen LogP contribution in [0.25, 0.3) is 11.0 Å². The molecule has 118 valence electrons. The molecule has 0 saturated carbocycles. The lowest BCUT2D eigenvalue weighted by Crippen LogP contribution is -2.07. The van der Waals surface area contributed by atoms with Crippen molar-refractivity contribution in [2.75, 3.05) is 17.7 Å². The van der Waals surface area contributed by atoms with Crippen LogP contribution in [0.4, 0.5) is 11.5 Å². The second-order valence-electron chi connectivity index (χ2n) is 5.94. The van der Waals surface area contributed by atoms with Gasteiger partial charge in [0, 0.05) is 27.1 Å². The number of nitrogens with one attached hydrogen (secondary N) is 2. The van der Waals surface area contributed by atoms with E-state index in [1.54, 1.807) is 0 Å². The average Bonchev–Trinajstić information content (AvgIpc) is 3.17. The van der Waals surface area contributed by atoms with Gasteiger partial charge in [-0.3, -0.25) is 0 Å². The Morgan fingerprint density at radius 1 is 1.43 bits per heavy atom. The largest absolute Gasteiger partial charge is 0.375 e. The third-order valence-corrected chi connectivity index (χ3v) is 4.48. The lowest BCUT2D eigenvalue weighted by Gasteiger charge is -2.13. The SMILES string of the molecule is CNc1nc2c(c3c1ncn3C)NC(c1cccc(CN)c1)C2. The van der Waals surface area contributed by atoms with Crippen molar-refractivity contribution in [1.29, 1.82) is 0 Å². The Balaban J connectivity index is 1.80. The Morgan fingerprint density at radius 3 is 3.09 bits per heavy atom. The zero-order valence-corrected chi connectivity index (χ0v) is 13.3. The average molecular weight is 308 g/mol. The summed E-state index contributed by atoms with van der Waals surface area (Å²) in [6.07, 6.45) is 2.69. The van der Waals surface area contributed by atoms with Crippen molar-refractivity contribution in [3.63, 3.8) is 0 Å². The van der Waals surface area contributed by atoms with Gasteiger partial charge in [0.2, 0.25) is 0 Å². The molecule has 1 atom stereocenters. The first-order chi connectivity index (χ1) is 11.2. The highest BCUT2D eigenvalue weighted by molar-refractivity contribution is 5.97. The zero-order chi connectivity index (χ0) is 16.0. The molecule has 4 N–H and O–H groups in total. The van der Waals surface area contributed by atoms with Crippen LogP contribution in [0.3, 0.4) is 0 Å². The van der Waals surface area contributed by atoms with Gasteiger partial charge in [-0.05, 0) is 11.1 Å². The van der Waals surface area contributed by atoms with E-state index in [2.05, 4.69) is 39.9 Å². The molecule has 0 aliphatic carbocycles. The van der Waals surface area contributed by atoms with Crippen LogP contribution in [0.1, 0.15) is 22.9 Å². The van der Waals surface area contributed by atoms with Gasteiger partial charge >= 0.3 is 0 Å². The summed E-state index contributed by atoms with van der Waals surface area (Å²) in [6, 6.07) is 8.65. The van der Waals surface area contributed by atoms with Gasteiger partial charge in [-0.15, -0.1) is 0 Å². The molecular formula is C17H20N6. The van der Waals surface area contributed by atoms with Crippen LogP contribution < -0.4 is 16.4 Å². The van der Waals surface area contributed by atoms with E-state index in [9.17, 15) is 0 Å². The maximum absolute atomic E-state index is 5.77. The minimum Gasteiger partial charge on any atom is -0.375 e. The molecule has 0 bridgehead atoms. The molecule has 6 heteroatoms. The molecule has 1 aromatic carbocycles. The molecule has 1 aliphatic heterocycles. The second-order valence-corrected chi connectivity index (χ2v) is 5.94. The third-order valence-electron chi connectivity index (χ3n) is 4.48. The summed E-state index contributed by atoms with van der Waals surface area (Å²) < 4.78 is 2.04.